The van der Waals surface area contributed by atoms with Gasteiger partial charge in [0.1, 0.15) is 6.26 Å². The minimum absolute atomic E-state index is 0.0807. The summed E-state index contributed by atoms with van der Waals surface area (Å²) in [5.74, 6) is 0.768. The maximum Gasteiger partial charge on any atom is 0.255 e. The van der Waals surface area contributed by atoms with Gasteiger partial charge in [0.05, 0.1) is 17.3 Å². The van der Waals surface area contributed by atoms with Crippen LogP contribution in [0.4, 0.5) is 0 Å². The van der Waals surface area contributed by atoms with E-state index in [1.807, 2.05) is 52.9 Å². The highest BCUT2D eigenvalue weighted by atomic mass is 16.5. The molecule has 6 nitrogen and oxygen atoms in total. The van der Waals surface area contributed by atoms with Crippen LogP contribution >= 0.6 is 0 Å². The Hall–Kier alpha value is -3.15. The molecule has 1 aliphatic rings. The number of fused-ring (bicyclic) bond motifs is 3. The summed E-state index contributed by atoms with van der Waals surface area (Å²) >= 11 is 0. The Morgan fingerprint density at radius 2 is 1.92 bits per heavy atom. The zero-order valence-corrected chi connectivity index (χ0v) is 14.5. The lowest BCUT2D eigenvalue weighted by atomic mass is 10.1. The Balaban J connectivity index is 1.80. The molecule has 1 aromatic carbocycles. The molecule has 1 fully saturated rings. The van der Waals surface area contributed by atoms with Crippen molar-refractivity contribution in [3.63, 3.8) is 0 Å². The number of amides is 1. The highest BCUT2D eigenvalue weighted by Gasteiger charge is 2.23. The van der Waals surface area contributed by atoms with Crippen LogP contribution in [-0.4, -0.2) is 38.4 Å². The largest absolute Gasteiger partial charge is 0.364 e. The topological polar surface area (TPSA) is 63.6 Å². The Kier molecular flexibility index (Phi) is 3.31. The highest BCUT2D eigenvalue weighted by Crippen LogP contribution is 2.30. The fourth-order valence-corrected chi connectivity index (χ4v) is 3.77. The summed E-state index contributed by atoms with van der Waals surface area (Å²) in [4.78, 5) is 19.6. The van der Waals surface area contributed by atoms with Gasteiger partial charge < -0.3 is 9.42 Å². The van der Waals surface area contributed by atoms with Gasteiger partial charge in [-0.15, -0.1) is 0 Å². The van der Waals surface area contributed by atoms with E-state index >= 15 is 0 Å². The van der Waals surface area contributed by atoms with Crippen molar-refractivity contribution in [1.82, 2.24) is 19.4 Å². The molecule has 130 valence electrons. The summed E-state index contributed by atoms with van der Waals surface area (Å²) in [6.45, 7) is 3.58. The van der Waals surface area contributed by atoms with Crippen molar-refractivity contribution in [2.24, 2.45) is 0 Å². The smallest absolute Gasteiger partial charge is 0.255 e. The number of carbonyl (C=O) groups is 1. The number of likely N-dealkylation sites (tertiary alicyclic amines) is 1. The van der Waals surface area contributed by atoms with Crippen LogP contribution in [0, 0.1) is 6.92 Å². The molecule has 3 aromatic heterocycles. The van der Waals surface area contributed by atoms with Crippen LogP contribution < -0.4 is 0 Å². The second kappa shape index (κ2) is 5.69. The molecule has 6 heteroatoms. The average Bonchev–Trinajstić information content (AvgIpc) is 3.41. The van der Waals surface area contributed by atoms with Crippen molar-refractivity contribution in [3.8, 4) is 11.5 Å². The molecule has 0 atom stereocenters. The Labute approximate surface area is 150 Å². The fraction of sp³-hybridized carbons (Fsp3) is 0.250. The number of hydrogen-bond donors (Lipinski definition) is 0. The SMILES string of the molecule is Cc1conc1-c1ncc2c3ccccc3c(C(=O)N3CCCC3)cn12. The fourth-order valence-electron chi connectivity index (χ4n) is 3.77. The number of rotatable bonds is 2. The number of imidazole rings is 1. The molecule has 5 rings (SSSR count). The number of aromatic nitrogens is 3. The van der Waals surface area contributed by atoms with Crippen LogP contribution in [0.1, 0.15) is 28.8 Å². The van der Waals surface area contributed by atoms with E-state index < -0.39 is 0 Å². The zero-order chi connectivity index (χ0) is 17.7. The summed E-state index contributed by atoms with van der Waals surface area (Å²) in [7, 11) is 0. The molecule has 0 saturated carbocycles. The predicted octanol–water partition coefficient (Wildman–Crippen LogP) is 3.69. The number of hydrogen-bond acceptors (Lipinski definition) is 4. The predicted molar refractivity (Wildman–Crippen MR) is 98.1 cm³/mol. The molecule has 0 radical (unpaired) electrons. The van der Waals surface area contributed by atoms with Gasteiger partial charge in [-0.05, 0) is 25.2 Å². The molecule has 1 aliphatic heterocycles. The van der Waals surface area contributed by atoms with Gasteiger partial charge in [-0.2, -0.15) is 0 Å². The average molecular weight is 346 g/mol. The van der Waals surface area contributed by atoms with Gasteiger partial charge >= 0.3 is 0 Å². The van der Waals surface area contributed by atoms with Gasteiger partial charge in [0.25, 0.3) is 5.91 Å². The third-order valence-corrected chi connectivity index (χ3v) is 5.13. The molecule has 4 heterocycles. The summed E-state index contributed by atoms with van der Waals surface area (Å²) in [5, 5.41) is 6.06. The van der Waals surface area contributed by atoms with Crippen LogP contribution in [0.25, 0.3) is 27.8 Å². The van der Waals surface area contributed by atoms with Crippen molar-refractivity contribution < 1.29 is 9.32 Å². The molecule has 0 aliphatic carbocycles. The second-order valence-electron chi connectivity index (χ2n) is 6.77. The monoisotopic (exact) mass is 346 g/mol. The number of pyridine rings is 1. The molecule has 0 unspecified atom stereocenters. The van der Waals surface area contributed by atoms with E-state index in [0.29, 0.717) is 17.1 Å². The van der Waals surface area contributed by atoms with Crippen LogP contribution in [0.2, 0.25) is 0 Å². The third-order valence-electron chi connectivity index (χ3n) is 5.13. The molecular formula is C20H18N4O2. The summed E-state index contributed by atoms with van der Waals surface area (Å²) in [5.41, 5.74) is 3.27. The van der Waals surface area contributed by atoms with E-state index in [1.165, 1.54) is 0 Å². The van der Waals surface area contributed by atoms with Crippen molar-refractivity contribution in [2.75, 3.05) is 13.1 Å². The highest BCUT2D eigenvalue weighted by molar-refractivity contribution is 6.11. The van der Waals surface area contributed by atoms with E-state index in [4.69, 9.17) is 4.52 Å². The number of aryl methyl sites for hydroxylation is 1. The third kappa shape index (κ3) is 2.15. The molecule has 4 aromatic rings. The van der Waals surface area contributed by atoms with Gasteiger partial charge in [-0.25, -0.2) is 4.98 Å². The second-order valence-corrected chi connectivity index (χ2v) is 6.77. The Morgan fingerprint density at radius 1 is 1.15 bits per heavy atom. The number of nitrogens with zero attached hydrogens (tertiary/aromatic N) is 4. The van der Waals surface area contributed by atoms with Crippen molar-refractivity contribution in [2.45, 2.75) is 19.8 Å². The number of benzene rings is 1. The first-order valence-corrected chi connectivity index (χ1v) is 8.83. The van der Waals surface area contributed by atoms with Gasteiger partial charge in [0.15, 0.2) is 11.5 Å². The van der Waals surface area contributed by atoms with Crippen molar-refractivity contribution in [3.05, 3.63) is 54.0 Å². The minimum atomic E-state index is 0.0807. The summed E-state index contributed by atoms with van der Waals surface area (Å²) in [6, 6.07) is 8.00. The molecule has 0 N–H and O–H groups in total. The zero-order valence-electron chi connectivity index (χ0n) is 14.5. The van der Waals surface area contributed by atoms with Crippen LogP contribution in [0.3, 0.4) is 0 Å². The maximum absolute atomic E-state index is 13.1. The van der Waals surface area contributed by atoms with E-state index in [-0.39, 0.29) is 5.91 Å². The molecule has 1 saturated heterocycles. The standard InChI is InChI=1S/C20H18N4O2/c1-13-12-26-22-18(13)19-21-10-17-15-7-3-2-6-14(15)16(11-24(17)19)20(25)23-8-4-5-9-23/h2-3,6-7,10-12H,4-5,8-9H2,1H3. The Bertz CT molecular complexity index is 1140. The molecule has 26 heavy (non-hydrogen) atoms. The van der Waals surface area contributed by atoms with Crippen molar-refractivity contribution in [1.29, 1.82) is 0 Å². The van der Waals surface area contributed by atoms with Crippen molar-refractivity contribution >= 4 is 22.2 Å². The van der Waals surface area contributed by atoms with Gasteiger partial charge in [0, 0.05) is 30.2 Å². The normalized spacial score (nSPS) is 14.6. The maximum atomic E-state index is 13.1. The minimum Gasteiger partial charge on any atom is -0.364 e. The van der Waals surface area contributed by atoms with Gasteiger partial charge in [-0.1, -0.05) is 29.4 Å². The first-order valence-electron chi connectivity index (χ1n) is 8.83. The molecular weight excluding hydrogens is 328 g/mol. The molecule has 0 spiro atoms. The first-order chi connectivity index (χ1) is 12.7. The number of carbonyl (C=O) groups excluding carboxylic acids is 1. The van der Waals surface area contributed by atoms with Crippen LogP contribution in [0.5, 0.6) is 0 Å². The summed E-state index contributed by atoms with van der Waals surface area (Å²) in [6.07, 6.45) is 7.47. The molecule has 1 amide bonds. The van der Waals surface area contributed by atoms with Crippen LogP contribution in [0.15, 0.2) is 47.4 Å². The Morgan fingerprint density at radius 3 is 2.65 bits per heavy atom. The van der Waals surface area contributed by atoms with Crippen LogP contribution in [-0.2, 0) is 0 Å². The van der Waals surface area contributed by atoms with E-state index in [2.05, 4.69) is 10.1 Å². The first kappa shape index (κ1) is 15.1. The van der Waals surface area contributed by atoms with E-state index in [0.717, 1.165) is 47.8 Å². The lowest BCUT2D eigenvalue weighted by molar-refractivity contribution is 0.0794. The van der Waals surface area contributed by atoms with E-state index in [1.54, 1.807) is 6.26 Å². The lowest BCUT2D eigenvalue weighted by Gasteiger charge is -2.17. The lowest BCUT2D eigenvalue weighted by Crippen LogP contribution is -2.28. The summed E-state index contributed by atoms with van der Waals surface area (Å²) < 4.78 is 7.04. The van der Waals surface area contributed by atoms with E-state index in [9.17, 15) is 4.79 Å². The van der Waals surface area contributed by atoms with Gasteiger partial charge in [-0.3, -0.25) is 9.20 Å². The molecule has 0 bridgehead atoms. The quantitative estimate of drug-likeness (QED) is 0.555. The van der Waals surface area contributed by atoms with Gasteiger partial charge in [0.2, 0.25) is 0 Å².